The van der Waals surface area contributed by atoms with E-state index in [1.165, 1.54) is 13.8 Å². The molecule has 12 heavy (non-hydrogen) atoms. The molecular weight excluding hydrogens is 158 g/mol. The number of nitrogens with one attached hydrogen (secondary N) is 1. The molecular formula is C8H15NO3. The van der Waals surface area contributed by atoms with E-state index >= 15 is 0 Å². The minimum Gasteiger partial charge on any atom is -0.381 e. The van der Waals surface area contributed by atoms with Crippen molar-refractivity contribution in [1.82, 2.24) is 5.32 Å². The first-order valence-electron chi connectivity index (χ1n) is 4.11. The molecule has 70 valence electrons. The third-order valence-electron chi connectivity index (χ3n) is 1.82. The lowest BCUT2D eigenvalue weighted by atomic mass is 10.1. The van der Waals surface area contributed by atoms with Crippen molar-refractivity contribution in [2.75, 3.05) is 13.2 Å². The second kappa shape index (κ2) is 3.41. The Morgan fingerprint density at radius 3 is 2.75 bits per heavy atom. The van der Waals surface area contributed by atoms with E-state index in [9.17, 15) is 9.90 Å². The van der Waals surface area contributed by atoms with Crippen LogP contribution in [-0.2, 0) is 9.53 Å². The Balaban J connectivity index is 2.35. The van der Waals surface area contributed by atoms with Crippen LogP contribution in [0.1, 0.15) is 20.3 Å². The molecule has 0 aromatic rings. The molecule has 0 aromatic heterocycles. The summed E-state index contributed by atoms with van der Waals surface area (Å²) in [4.78, 5) is 11.2. The maximum Gasteiger partial charge on any atom is 0.251 e. The van der Waals surface area contributed by atoms with Gasteiger partial charge in [-0.25, -0.2) is 0 Å². The molecule has 0 saturated carbocycles. The molecule has 0 spiro atoms. The average Bonchev–Trinajstić information content (AvgIpc) is 2.37. The van der Waals surface area contributed by atoms with Crippen LogP contribution in [0.5, 0.6) is 0 Å². The zero-order chi connectivity index (χ0) is 9.19. The highest BCUT2D eigenvalue weighted by atomic mass is 16.5. The van der Waals surface area contributed by atoms with Crippen molar-refractivity contribution in [3.8, 4) is 0 Å². The van der Waals surface area contributed by atoms with Crippen molar-refractivity contribution < 1.29 is 14.6 Å². The first-order chi connectivity index (χ1) is 5.50. The lowest BCUT2D eigenvalue weighted by molar-refractivity contribution is -0.137. The number of amides is 1. The lowest BCUT2D eigenvalue weighted by Crippen LogP contribution is -2.46. The van der Waals surface area contributed by atoms with E-state index in [0.717, 1.165) is 6.42 Å². The predicted molar refractivity (Wildman–Crippen MR) is 43.7 cm³/mol. The monoisotopic (exact) mass is 173 g/mol. The topological polar surface area (TPSA) is 58.6 Å². The van der Waals surface area contributed by atoms with Crippen molar-refractivity contribution in [3.63, 3.8) is 0 Å². The Labute approximate surface area is 71.9 Å². The maximum atomic E-state index is 11.2. The number of rotatable bonds is 2. The van der Waals surface area contributed by atoms with Crippen molar-refractivity contribution in [3.05, 3.63) is 0 Å². The summed E-state index contributed by atoms with van der Waals surface area (Å²) < 4.78 is 5.07. The van der Waals surface area contributed by atoms with Gasteiger partial charge >= 0.3 is 0 Å². The predicted octanol–water partition coefficient (Wildman–Crippen LogP) is -0.338. The van der Waals surface area contributed by atoms with Crippen LogP contribution in [0.15, 0.2) is 0 Å². The smallest absolute Gasteiger partial charge is 0.251 e. The van der Waals surface area contributed by atoms with Gasteiger partial charge in [0.05, 0.1) is 12.6 Å². The zero-order valence-corrected chi connectivity index (χ0v) is 7.46. The van der Waals surface area contributed by atoms with Crippen LogP contribution in [0.3, 0.4) is 0 Å². The summed E-state index contributed by atoms with van der Waals surface area (Å²) in [5, 5.41) is 12.0. The molecule has 1 aliphatic heterocycles. The molecule has 2 N–H and O–H groups in total. The normalized spacial score (nSPS) is 24.1. The molecule has 1 fully saturated rings. The number of hydrogen-bond donors (Lipinski definition) is 2. The molecule has 1 heterocycles. The van der Waals surface area contributed by atoms with Gasteiger partial charge in [-0.1, -0.05) is 0 Å². The van der Waals surface area contributed by atoms with Gasteiger partial charge in [0.1, 0.15) is 5.60 Å². The van der Waals surface area contributed by atoms with Gasteiger partial charge in [-0.3, -0.25) is 4.79 Å². The van der Waals surface area contributed by atoms with Crippen LogP contribution in [0.25, 0.3) is 0 Å². The number of hydrogen-bond acceptors (Lipinski definition) is 3. The Bertz CT molecular complexity index is 168. The average molecular weight is 173 g/mol. The minimum atomic E-state index is -1.29. The standard InChI is InChI=1S/C8H15NO3/c1-8(2,11)7(10)9-6-3-4-12-5-6/h6,11H,3-5H2,1-2H3,(H,9,10). The third-order valence-corrected chi connectivity index (χ3v) is 1.82. The Hall–Kier alpha value is -0.610. The van der Waals surface area contributed by atoms with E-state index < -0.39 is 5.60 Å². The van der Waals surface area contributed by atoms with Gasteiger partial charge in [0.25, 0.3) is 5.91 Å². The van der Waals surface area contributed by atoms with Gasteiger partial charge in [0, 0.05) is 6.61 Å². The van der Waals surface area contributed by atoms with Gasteiger partial charge < -0.3 is 15.2 Å². The molecule has 4 heteroatoms. The second-order valence-corrected chi connectivity index (χ2v) is 3.59. The largest absolute Gasteiger partial charge is 0.381 e. The second-order valence-electron chi connectivity index (χ2n) is 3.59. The van der Waals surface area contributed by atoms with E-state index in [2.05, 4.69) is 5.32 Å². The Morgan fingerprint density at radius 1 is 1.67 bits per heavy atom. The van der Waals surface area contributed by atoms with Gasteiger partial charge in [-0.15, -0.1) is 0 Å². The van der Waals surface area contributed by atoms with Crippen LogP contribution in [0.2, 0.25) is 0 Å². The van der Waals surface area contributed by atoms with E-state index in [4.69, 9.17) is 4.74 Å². The third kappa shape index (κ3) is 2.46. The van der Waals surface area contributed by atoms with Gasteiger partial charge in [0.2, 0.25) is 0 Å². The quantitative estimate of drug-likeness (QED) is 0.600. The maximum absolute atomic E-state index is 11.2. The van der Waals surface area contributed by atoms with Crippen LogP contribution < -0.4 is 5.32 Å². The summed E-state index contributed by atoms with van der Waals surface area (Å²) in [7, 11) is 0. The van der Waals surface area contributed by atoms with Crippen molar-refractivity contribution in [2.45, 2.75) is 31.9 Å². The van der Waals surface area contributed by atoms with E-state index in [-0.39, 0.29) is 11.9 Å². The fourth-order valence-corrected chi connectivity index (χ4v) is 1.01. The zero-order valence-electron chi connectivity index (χ0n) is 7.46. The molecule has 0 radical (unpaired) electrons. The molecule has 0 aromatic carbocycles. The number of carbonyl (C=O) groups is 1. The van der Waals surface area contributed by atoms with E-state index in [1.807, 2.05) is 0 Å². The number of ether oxygens (including phenoxy) is 1. The summed E-state index contributed by atoms with van der Waals surface area (Å²) in [6, 6.07) is 0.0731. The first kappa shape index (κ1) is 9.48. The van der Waals surface area contributed by atoms with Crippen LogP contribution >= 0.6 is 0 Å². The van der Waals surface area contributed by atoms with Gasteiger partial charge in [-0.2, -0.15) is 0 Å². The molecule has 1 amide bonds. The van der Waals surface area contributed by atoms with E-state index in [0.29, 0.717) is 13.2 Å². The van der Waals surface area contributed by atoms with Gasteiger partial charge in [0.15, 0.2) is 0 Å². The van der Waals surface area contributed by atoms with Gasteiger partial charge in [-0.05, 0) is 20.3 Å². The molecule has 1 saturated heterocycles. The lowest BCUT2D eigenvalue weighted by Gasteiger charge is -2.19. The van der Waals surface area contributed by atoms with Crippen molar-refractivity contribution in [2.24, 2.45) is 0 Å². The molecule has 1 aliphatic rings. The van der Waals surface area contributed by atoms with Crippen LogP contribution in [0, 0.1) is 0 Å². The fourth-order valence-electron chi connectivity index (χ4n) is 1.01. The summed E-state index contributed by atoms with van der Waals surface area (Å²) in [5.74, 6) is -0.335. The highest BCUT2D eigenvalue weighted by Crippen LogP contribution is 2.06. The first-order valence-corrected chi connectivity index (χ1v) is 4.11. The summed E-state index contributed by atoms with van der Waals surface area (Å²) in [6.45, 7) is 4.19. The summed E-state index contributed by atoms with van der Waals surface area (Å²) in [5.41, 5.74) is -1.29. The fraction of sp³-hybridized carbons (Fsp3) is 0.875. The SMILES string of the molecule is CC(C)(O)C(=O)NC1CCOC1. The molecule has 0 aliphatic carbocycles. The molecule has 1 rings (SSSR count). The summed E-state index contributed by atoms with van der Waals surface area (Å²) >= 11 is 0. The molecule has 4 nitrogen and oxygen atoms in total. The molecule has 0 bridgehead atoms. The number of aliphatic hydroxyl groups is 1. The Morgan fingerprint density at radius 2 is 2.33 bits per heavy atom. The van der Waals surface area contributed by atoms with Crippen LogP contribution in [0.4, 0.5) is 0 Å². The molecule has 1 atom stereocenters. The Kier molecular flexibility index (Phi) is 2.69. The highest BCUT2D eigenvalue weighted by molar-refractivity contribution is 5.84. The van der Waals surface area contributed by atoms with Crippen LogP contribution in [-0.4, -0.2) is 35.9 Å². The van der Waals surface area contributed by atoms with E-state index in [1.54, 1.807) is 0 Å². The summed E-state index contributed by atoms with van der Waals surface area (Å²) in [6.07, 6.45) is 0.835. The minimum absolute atomic E-state index is 0.0731. The van der Waals surface area contributed by atoms with Crippen molar-refractivity contribution >= 4 is 5.91 Å². The highest BCUT2D eigenvalue weighted by Gasteiger charge is 2.27. The van der Waals surface area contributed by atoms with Crippen molar-refractivity contribution in [1.29, 1.82) is 0 Å². The molecule has 1 unspecified atom stereocenters. The number of carbonyl (C=O) groups excluding carboxylic acids is 1.